The normalized spacial score (nSPS) is 20.3. The minimum atomic E-state index is -3.15. The van der Waals surface area contributed by atoms with Gasteiger partial charge in [-0.15, -0.1) is 0 Å². The predicted octanol–water partition coefficient (Wildman–Crippen LogP) is 5.38. The van der Waals surface area contributed by atoms with Gasteiger partial charge in [0.05, 0.1) is 17.3 Å². The quantitative estimate of drug-likeness (QED) is 0.253. The monoisotopic (exact) mass is 632 g/mol. The van der Waals surface area contributed by atoms with Crippen molar-refractivity contribution >= 4 is 49.7 Å². The molecule has 4 heterocycles. The number of nitrogens with two attached hydrogens (primary N) is 1. The van der Waals surface area contributed by atoms with Crippen LogP contribution in [0.4, 0.5) is 21.9 Å². The Morgan fingerprint density at radius 3 is 2.44 bits per heavy atom. The number of nitrogens with zero attached hydrogens (tertiary/aromatic N) is 6. The Morgan fingerprint density at radius 2 is 1.73 bits per heavy atom. The molecule has 1 aliphatic heterocycles. The number of hydrogen-bond acceptors (Lipinski definition) is 9. The lowest BCUT2D eigenvalue weighted by Crippen LogP contribution is -2.52. The van der Waals surface area contributed by atoms with Gasteiger partial charge in [0.2, 0.25) is 10.0 Å². The number of oxazole rings is 1. The van der Waals surface area contributed by atoms with E-state index in [2.05, 4.69) is 29.7 Å². The van der Waals surface area contributed by atoms with E-state index in [1.807, 2.05) is 38.2 Å². The van der Waals surface area contributed by atoms with Crippen LogP contribution in [0.1, 0.15) is 42.9 Å². The number of halogens is 1. The Balaban J connectivity index is 1.11. The largest absolute Gasteiger partial charge is 0.423 e. The molecule has 5 aromatic rings. The van der Waals surface area contributed by atoms with Gasteiger partial charge in [-0.05, 0) is 74.4 Å². The molecule has 0 bridgehead atoms. The first kappa shape index (κ1) is 29.6. The van der Waals surface area contributed by atoms with Crippen LogP contribution in [-0.4, -0.2) is 75.6 Å². The molecule has 236 valence electrons. The first-order valence-electron chi connectivity index (χ1n) is 15.3. The summed E-state index contributed by atoms with van der Waals surface area (Å²) < 4.78 is 49.0. The van der Waals surface area contributed by atoms with Crippen LogP contribution in [0.15, 0.2) is 47.3 Å². The molecule has 1 saturated heterocycles. The molecule has 3 N–H and O–H groups in total. The average molecular weight is 633 g/mol. The summed E-state index contributed by atoms with van der Waals surface area (Å²) in [5.74, 6) is -0.0959. The molecule has 0 spiro atoms. The SMILES string of the molecule is Cc1cc(C)c2oc(Nc3ccc(-c4cn([C@H]5CC[C@@H](N6CCN(S(C)(=O)=O)CC6)CC5)c5ncnc(N)c45)cc3F)nc2c1. The number of fused-ring (bicyclic) bond motifs is 2. The molecule has 11 nitrogen and oxygen atoms in total. The molecular weight excluding hydrogens is 595 g/mol. The van der Waals surface area contributed by atoms with Crippen molar-refractivity contribution in [3.63, 3.8) is 0 Å². The third-order valence-corrected chi connectivity index (χ3v) is 10.6. The van der Waals surface area contributed by atoms with Crippen molar-refractivity contribution in [2.75, 3.05) is 43.5 Å². The Morgan fingerprint density at radius 1 is 1.00 bits per heavy atom. The summed E-state index contributed by atoms with van der Waals surface area (Å²) in [5.41, 5.74) is 12.3. The average Bonchev–Trinajstić information content (AvgIpc) is 3.60. The standard InChI is InChI=1S/C32H37FN8O3S/c1-19-14-20(2)29-27(15-19)38-32(44-29)37-26-9-4-21(16-25(26)33)24-17-41(31-28(24)30(34)35-18-36-31)23-7-5-22(6-8-23)39-10-12-40(13-11-39)45(3,42)43/h4,9,14-18,22-23H,5-8,10-13H2,1-3H3,(H,37,38)(H2,34,35,36)/t22-,23+. The fourth-order valence-electron chi connectivity index (χ4n) is 7.04. The number of sulfonamides is 1. The van der Waals surface area contributed by atoms with Crippen LogP contribution >= 0.6 is 0 Å². The molecule has 2 fully saturated rings. The third-order valence-electron chi connectivity index (χ3n) is 9.30. The maximum absolute atomic E-state index is 15.5. The van der Waals surface area contributed by atoms with Crippen LogP contribution < -0.4 is 11.1 Å². The van der Waals surface area contributed by atoms with Gasteiger partial charge in [-0.2, -0.15) is 9.29 Å². The molecule has 0 atom stereocenters. The van der Waals surface area contributed by atoms with E-state index in [0.29, 0.717) is 41.5 Å². The topological polar surface area (TPSA) is 135 Å². The van der Waals surface area contributed by atoms with E-state index in [9.17, 15) is 8.42 Å². The van der Waals surface area contributed by atoms with E-state index in [1.54, 1.807) is 10.4 Å². The van der Waals surface area contributed by atoms with E-state index in [4.69, 9.17) is 10.2 Å². The molecule has 1 aliphatic carbocycles. The van der Waals surface area contributed by atoms with Gasteiger partial charge in [0.25, 0.3) is 6.01 Å². The number of hydrogen-bond donors (Lipinski definition) is 2. The van der Waals surface area contributed by atoms with Crippen LogP contribution in [0.3, 0.4) is 0 Å². The minimum Gasteiger partial charge on any atom is -0.423 e. The van der Waals surface area contributed by atoms with Crippen molar-refractivity contribution in [2.45, 2.75) is 51.6 Å². The van der Waals surface area contributed by atoms with Crippen molar-refractivity contribution in [3.8, 4) is 11.1 Å². The van der Waals surface area contributed by atoms with Crippen LogP contribution in [0.5, 0.6) is 0 Å². The van der Waals surface area contributed by atoms with Crippen molar-refractivity contribution in [3.05, 3.63) is 59.8 Å². The molecular formula is C32H37FN8O3S. The molecule has 0 unspecified atom stereocenters. The Bertz CT molecular complexity index is 2010. The van der Waals surface area contributed by atoms with Crippen molar-refractivity contribution in [1.82, 2.24) is 28.7 Å². The summed E-state index contributed by atoms with van der Waals surface area (Å²) in [4.78, 5) is 15.8. The highest BCUT2D eigenvalue weighted by Crippen LogP contribution is 2.40. The molecule has 1 saturated carbocycles. The second kappa shape index (κ2) is 11.4. The number of nitrogens with one attached hydrogen (secondary N) is 1. The number of aromatic nitrogens is 4. The zero-order valence-electron chi connectivity index (χ0n) is 25.6. The highest BCUT2D eigenvalue weighted by Gasteiger charge is 2.32. The summed E-state index contributed by atoms with van der Waals surface area (Å²) in [7, 11) is -3.15. The number of aryl methyl sites for hydroxylation is 2. The first-order chi connectivity index (χ1) is 21.5. The van der Waals surface area contributed by atoms with Crippen LogP contribution in [0.2, 0.25) is 0 Å². The number of nitrogen functional groups attached to an aromatic ring is 1. The number of rotatable bonds is 6. The van der Waals surface area contributed by atoms with E-state index >= 15 is 4.39 Å². The van der Waals surface area contributed by atoms with Gasteiger partial charge in [-0.25, -0.2) is 22.8 Å². The lowest BCUT2D eigenvalue weighted by atomic mass is 9.89. The summed E-state index contributed by atoms with van der Waals surface area (Å²) in [6.45, 7) is 6.55. The maximum atomic E-state index is 15.5. The summed E-state index contributed by atoms with van der Waals surface area (Å²) in [5, 5.41) is 3.70. The Kier molecular flexibility index (Phi) is 7.49. The Hall–Kier alpha value is -4.07. The Labute approximate surface area is 261 Å². The zero-order chi connectivity index (χ0) is 31.5. The third kappa shape index (κ3) is 5.64. The van der Waals surface area contributed by atoms with Crippen LogP contribution in [0.25, 0.3) is 33.3 Å². The summed E-state index contributed by atoms with van der Waals surface area (Å²) in [6, 6.07) is 9.83. The fraction of sp³-hybridized carbons (Fsp3) is 0.406. The molecule has 13 heteroatoms. The van der Waals surface area contributed by atoms with Crippen molar-refractivity contribution in [1.29, 1.82) is 0 Å². The van der Waals surface area contributed by atoms with Gasteiger partial charge in [0.15, 0.2) is 5.58 Å². The van der Waals surface area contributed by atoms with Gasteiger partial charge >= 0.3 is 0 Å². The number of piperazine rings is 1. The second-order valence-electron chi connectivity index (χ2n) is 12.3. The maximum Gasteiger partial charge on any atom is 0.300 e. The first-order valence-corrected chi connectivity index (χ1v) is 17.1. The fourth-order valence-corrected chi connectivity index (χ4v) is 7.86. The van der Waals surface area contributed by atoms with E-state index < -0.39 is 15.8 Å². The smallest absolute Gasteiger partial charge is 0.300 e. The van der Waals surface area contributed by atoms with Crippen molar-refractivity contribution in [2.24, 2.45) is 0 Å². The van der Waals surface area contributed by atoms with E-state index in [1.165, 1.54) is 18.6 Å². The lowest BCUT2D eigenvalue weighted by molar-refractivity contribution is 0.100. The van der Waals surface area contributed by atoms with Crippen LogP contribution in [0, 0.1) is 19.7 Å². The number of anilines is 3. The lowest BCUT2D eigenvalue weighted by Gasteiger charge is -2.41. The highest BCUT2D eigenvalue weighted by molar-refractivity contribution is 7.88. The molecule has 0 amide bonds. The predicted molar refractivity (Wildman–Crippen MR) is 173 cm³/mol. The van der Waals surface area contributed by atoms with Gasteiger partial charge in [0.1, 0.15) is 29.1 Å². The van der Waals surface area contributed by atoms with E-state index in [-0.39, 0.29) is 17.7 Å². The molecule has 7 rings (SSSR count). The molecule has 3 aromatic heterocycles. The second-order valence-corrected chi connectivity index (χ2v) is 14.3. The summed E-state index contributed by atoms with van der Waals surface area (Å²) >= 11 is 0. The molecule has 45 heavy (non-hydrogen) atoms. The van der Waals surface area contributed by atoms with E-state index in [0.717, 1.165) is 66.6 Å². The molecule has 2 aliphatic rings. The summed E-state index contributed by atoms with van der Waals surface area (Å²) in [6.07, 6.45) is 8.68. The van der Waals surface area contributed by atoms with Crippen molar-refractivity contribution < 1.29 is 17.2 Å². The molecule has 0 radical (unpaired) electrons. The van der Waals surface area contributed by atoms with Gasteiger partial charge in [-0.1, -0.05) is 12.1 Å². The van der Waals surface area contributed by atoms with Gasteiger partial charge in [0, 0.05) is 50.0 Å². The van der Waals surface area contributed by atoms with Gasteiger partial charge in [-0.3, -0.25) is 4.90 Å². The minimum absolute atomic E-state index is 0.209. The highest BCUT2D eigenvalue weighted by atomic mass is 32.2. The molecule has 2 aromatic carbocycles. The van der Waals surface area contributed by atoms with Crippen LogP contribution in [-0.2, 0) is 10.0 Å². The zero-order valence-corrected chi connectivity index (χ0v) is 26.4. The van der Waals surface area contributed by atoms with Gasteiger partial charge < -0.3 is 20.0 Å². The number of benzene rings is 2.